The molecule has 0 amide bonds. The molecule has 25 heavy (non-hydrogen) atoms. The van der Waals surface area contributed by atoms with E-state index in [1.165, 1.54) is 12.1 Å². The van der Waals surface area contributed by atoms with Gasteiger partial charge in [0.25, 0.3) is 5.69 Å². The fourth-order valence-electron chi connectivity index (χ4n) is 3.04. The minimum atomic E-state index is -0.428. The molecule has 1 fully saturated rings. The Morgan fingerprint density at radius 1 is 1.12 bits per heavy atom. The van der Waals surface area contributed by atoms with E-state index < -0.39 is 11.0 Å². The van der Waals surface area contributed by atoms with Gasteiger partial charge in [0.2, 0.25) is 0 Å². The number of nitrogens with zero attached hydrogens (tertiary/aromatic N) is 3. The number of hydrogen-bond acceptors (Lipinski definition) is 6. The smallest absolute Gasteiger partial charge is 0.273 e. The largest absolute Gasteiger partial charge is 0.475 e. The van der Waals surface area contributed by atoms with E-state index in [-0.39, 0.29) is 5.69 Å². The van der Waals surface area contributed by atoms with Gasteiger partial charge in [-0.05, 0) is 11.6 Å². The van der Waals surface area contributed by atoms with Crippen LogP contribution in [0, 0.1) is 10.1 Å². The van der Waals surface area contributed by atoms with Crippen LogP contribution in [-0.2, 0) is 4.74 Å². The van der Waals surface area contributed by atoms with Crippen molar-refractivity contribution in [2.24, 2.45) is 4.99 Å². The standard InChI is InChI=1S/C18H17N3O4/c22-21(23)14-6-7-15-16(12-14)25-17(13-4-2-1-3-5-13)18(19-15)20-8-10-24-11-9-20/h1-7,12,17H,8-11H2. The van der Waals surface area contributed by atoms with Gasteiger partial charge in [-0.3, -0.25) is 10.1 Å². The first kappa shape index (κ1) is 15.6. The summed E-state index contributed by atoms with van der Waals surface area (Å²) >= 11 is 0. The molecule has 2 aromatic carbocycles. The molecule has 7 nitrogen and oxygen atoms in total. The van der Waals surface area contributed by atoms with Gasteiger partial charge in [-0.25, -0.2) is 4.99 Å². The number of nitro benzene ring substituents is 1. The van der Waals surface area contributed by atoms with Crippen LogP contribution in [0.25, 0.3) is 0 Å². The highest BCUT2D eigenvalue weighted by Crippen LogP contribution is 2.40. The summed E-state index contributed by atoms with van der Waals surface area (Å²) < 4.78 is 11.6. The van der Waals surface area contributed by atoms with Crippen LogP contribution in [-0.4, -0.2) is 42.0 Å². The van der Waals surface area contributed by atoms with Gasteiger partial charge in [0, 0.05) is 19.2 Å². The lowest BCUT2D eigenvalue weighted by Crippen LogP contribution is -2.45. The van der Waals surface area contributed by atoms with E-state index in [1.807, 2.05) is 30.3 Å². The SMILES string of the molecule is O=[N+]([O-])c1ccc2c(c1)OC(c1ccccc1)C(N1CCOCC1)=N2. The van der Waals surface area contributed by atoms with E-state index in [0.717, 1.165) is 24.5 Å². The van der Waals surface area contributed by atoms with Gasteiger partial charge in [0.15, 0.2) is 17.7 Å². The Hall–Kier alpha value is -2.93. The fourth-order valence-corrected chi connectivity index (χ4v) is 3.04. The topological polar surface area (TPSA) is 77.2 Å². The second-order valence-electron chi connectivity index (χ2n) is 5.89. The highest BCUT2D eigenvalue weighted by Gasteiger charge is 2.31. The molecule has 4 rings (SSSR count). The number of non-ortho nitro benzene ring substituents is 1. The predicted molar refractivity (Wildman–Crippen MR) is 92.4 cm³/mol. The molecule has 0 radical (unpaired) electrons. The third-order valence-corrected chi connectivity index (χ3v) is 4.31. The maximum absolute atomic E-state index is 11.0. The van der Waals surface area contributed by atoms with Gasteiger partial charge in [0.1, 0.15) is 5.69 Å². The maximum atomic E-state index is 11.0. The van der Waals surface area contributed by atoms with E-state index in [4.69, 9.17) is 14.5 Å². The number of nitro groups is 1. The molecule has 0 spiro atoms. The van der Waals surface area contributed by atoms with Crippen LogP contribution >= 0.6 is 0 Å². The number of amidine groups is 1. The average molecular weight is 339 g/mol. The number of hydrogen-bond donors (Lipinski definition) is 0. The Morgan fingerprint density at radius 2 is 1.88 bits per heavy atom. The van der Waals surface area contributed by atoms with Crippen LogP contribution in [0.15, 0.2) is 53.5 Å². The highest BCUT2D eigenvalue weighted by molar-refractivity contribution is 5.92. The zero-order valence-electron chi connectivity index (χ0n) is 13.5. The van der Waals surface area contributed by atoms with Gasteiger partial charge in [-0.1, -0.05) is 30.3 Å². The van der Waals surface area contributed by atoms with Crippen molar-refractivity contribution < 1.29 is 14.4 Å². The van der Waals surface area contributed by atoms with E-state index in [9.17, 15) is 10.1 Å². The van der Waals surface area contributed by atoms with Crippen molar-refractivity contribution >= 4 is 17.2 Å². The second kappa shape index (κ2) is 6.52. The van der Waals surface area contributed by atoms with Gasteiger partial charge in [0.05, 0.1) is 24.2 Å². The molecule has 0 aromatic heterocycles. The molecule has 2 aliphatic heterocycles. The quantitative estimate of drug-likeness (QED) is 0.621. The van der Waals surface area contributed by atoms with Crippen LogP contribution < -0.4 is 4.74 Å². The van der Waals surface area contributed by atoms with Crippen molar-refractivity contribution in [3.63, 3.8) is 0 Å². The lowest BCUT2D eigenvalue weighted by molar-refractivity contribution is -0.384. The third-order valence-electron chi connectivity index (χ3n) is 4.31. The Kier molecular flexibility index (Phi) is 4.07. The Labute approximate surface area is 144 Å². The molecule has 0 N–H and O–H groups in total. The fraction of sp³-hybridized carbons (Fsp3) is 0.278. The molecule has 1 unspecified atom stereocenters. The van der Waals surface area contributed by atoms with Gasteiger partial charge in [-0.15, -0.1) is 0 Å². The summed E-state index contributed by atoms with van der Waals surface area (Å²) in [5, 5.41) is 11.0. The van der Waals surface area contributed by atoms with Gasteiger partial charge in [-0.2, -0.15) is 0 Å². The van der Waals surface area contributed by atoms with Gasteiger partial charge < -0.3 is 14.4 Å². The number of ether oxygens (including phenoxy) is 2. The minimum absolute atomic E-state index is 0.00409. The number of aliphatic imine (C=N–C) groups is 1. The van der Waals surface area contributed by atoms with Crippen molar-refractivity contribution in [2.75, 3.05) is 26.3 Å². The Morgan fingerprint density at radius 3 is 2.60 bits per heavy atom. The van der Waals surface area contributed by atoms with E-state index in [2.05, 4.69) is 4.90 Å². The molecule has 0 bridgehead atoms. The monoisotopic (exact) mass is 339 g/mol. The normalized spacial score (nSPS) is 19.6. The molecule has 0 aliphatic carbocycles. The summed E-state index contributed by atoms with van der Waals surface area (Å²) in [6, 6.07) is 14.3. The lowest BCUT2D eigenvalue weighted by atomic mass is 10.1. The van der Waals surface area contributed by atoms with E-state index in [1.54, 1.807) is 6.07 Å². The average Bonchev–Trinajstić information content (AvgIpc) is 2.68. The highest BCUT2D eigenvalue weighted by atomic mass is 16.6. The number of fused-ring (bicyclic) bond motifs is 1. The van der Waals surface area contributed by atoms with Crippen LogP contribution in [0.1, 0.15) is 11.7 Å². The molecular formula is C18H17N3O4. The lowest BCUT2D eigenvalue weighted by Gasteiger charge is -2.36. The van der Waals surface area contributed by atoms with Crippen molar-refractivity contribution in [1.82, 2.24) is 4.90 Å². The predicted octanol–water partition coefficient (Wildman–Crippen LogP) is 3.09. The molecular weight excluding hydrogens is 322 g/mol. The molecule has 2 heterocycles. The van der Waals surface area contributed by atoms with E-state index in [0.29, 0.717) is 24.7 Å². The third kappa shape index (κ3) is 3.06. The summed E-state index contributed by atoms with van der Waals surface area (Å²) in [5.41, 5.74) is 1.57. The molecule has 7 heteroatoms. The molecule has 2 aromatic rings. The maximum Gasteiger partial charge on any atom is 0.273 e. The zero-order chi connectivity index (χ0) is 17.2. The Balaban J connectivity index is 1.77. The van der Waals surface area contributed by atoms with Crippen LogP contribution in [0.2, 0.25) is 0 Å². The Bertz CT molecular complexity index is 816. The van der Waals surface area contributed by atoms with Gasteiger partial charge >= 0.3 is 0 Å². The first-order valence-electron chi connectivity index (χ1n) is 8.14. The molecule has 0 saturated carbocycles. The van der Waals surface area contributed by atoms with Crippen LogP contribution in [0.4, 0.5) is 11.4 Å². The molecule has 2 aliphatic rings. The summed E-state index contributed by atoms with van der Waals surface area (Å²) in [6.45, 7) is 2.78. The number of benzene rings is 2. The number of morpholine rings is 1. The van der Waals surface area contributed by atoms with Crippen molar-refractivity contribution in [1.29, 1.82) is 0 Å². The van der Waals surface area contributed by atoms with Crippen LogP contribution in [0.3, 0.4) is 0 Å². The first-order chi connectivity index (χ1) is 12.2. The summed E-state index contributed by atoms with van der Waals surface area (Å²) in [6.07, 6.45) is -0.395. The molecule has 1 saturated heterocycles. The summed E-state index contributed by atoms with van der Waals surface area (Å²) in [5.74, 6) is 1.25. The summed E-state index contributed by atoms with van der Waals surface area (Å²) in [4.78, 5) is 17.5. The van der Waals surface area contributed by atoms with E-state index >= 15 is 0 Å². The van der Waals surface area contributed by atoms with Crippen LogP contribution in [0.5, 0.6) is 5.75 Å². The summed E-state index contributed by atoms with van der Waals surface area (Å²) in [7, 11) is 0. The first-order valence-corrected chi connectivity index (χ1v) is 8.14. The molecule has 128 valence electrons. The zero-order valence-corrected chi connectivity index (χ0v) is 13.5. The van der Waals surface area contributed by atoms with Crippen molar-refractivity contribution in [2.45, 2.75) is 6.10 Å². The molecule has 1 atom stereocenters. The van der Waals surface area contributed by atoms with Crippen molar-refractivity contribution in [3.05, 3.63) is 64.2 Å². The number of rotatable bonds is 2. The van der Waals surface area contributed by atoms with Crippen molar-refractivity contribution in [3.8, 4) is 5.75 Å². The minimum Gasteiger partial charge on any atom is -0.475 e. The second-order valence-corrected chi connectivity index (χ2v) is 5.89.